The van der Waals surface area contributed by atoms with E-state index >= 15 is 0 Å². The Bertz CT molecular complexity index is 539. The minimum Gasteiger partial charge on any atom is -0.464 e. The van der Waals surface area contributed by atoms with Crippen LogP contribution in [0, 0.1) is 0 Å². The zero-order valence-electron chi connectivity index (χ0n) is 11.4. The van der Waals surface area contributed by atoms with Crippen molar-refractivity contribution >= 4 is 5.95 Å². The summed E-state index contributed by atoms with van der Waals surface area (Å²) in [5.74, 6) is 1.71. The van der Waals surface area contributed by atoms with Crippen LogP contribution in [-0.4, -0.2) is 38.2 Å². The SMILES string of the molecule is CCCn1ccnc1-c1nc(NC)nc(OCC)n1. The van der Waals surface area contributed by atoms with Crippen LogP contribution in [0.3, 0.4) is 0 Å². The molecule has 19 heavy (non-hydrogen) atoms. The molecule has 2 heterocycles. The zero-order valence-corrected chi connectivity index (χ0v) is 11.4. The molecule has 7 heteroatoms. The standard InChI is InChI=1S/C12H18N6O/c1-4-7-18-8-6-14-10(18)9-15-11(13-3)17-12(16-9)19-5-2/h6,8H,4-5,7H2,1-3H3,(H,13,15,16,17). The molecule has 0 aliphatic heterocycles. The van der Waals surface area contributed by atoms with Gasteiger partial charge in [-0.2, -0.15) is 15.0 Å². The lowest BCUT2D eigenvalue weighted by atomic mass is 10.4. The van der Waals surface area contributed by atoms with Gasteiger partial charge < -0.3 is 14.6 Å². The van der Waals surface area contributed by atoms with Crippen molar-refractivity contribution in [2.24, 2.45) is 0 Å². The second-order valence-corrected chi connectivity index (χ2v) is 3.89. The smallest absolute Gasteiger partial charge is 0.321 e. The molecular weight excluding hydrogens is 244 g/mol. The number of nitrogens with zero attached hydrogens (tertiary/aromatic N) is 5. The molecule has 2 aromatic rings. The third-order valence-electron chi connectivity index (χ3n) is 2.49. The molecule has 0 bridgehead atoms. The first kappa shape index (κ1) is 13.3. The lowest BCUT2D eigenvalue weighted by molar-refractivity contribution is 0.312. The fraction of sp³-hybridized carbons (Fsp3) is 0.500. The summed E-state index contributed by atoms with van der Waals surface area (Å²) in [5.41, 5.74) is 0. The van der Waals surface area contributed by atoms with Gasteiger partial charge in [-0.05, 0) is 13.3 Å². The fourth-order valence-corrected chi connectivity index (χ4v) is 1.70. The summed E-state index contributed by atoms with van der Waals surface area (Å²) in [5, 5.41) is 2.90. The van der Waals surface area contributed by atoms with Crippen molar-refractivity contribution in [3.63, 3.8) is 0 Å². The van der Waals surface area contributed by atoms with Crippen LogP contribution < -0.4 is 10.1 Å². The number of rotatable bonds is 6. The Morgan fingerprint density at radius 2 is 2.11 bits per heavy atom. The largest absolute Gasteiger partial charge is 0.464 e. The van der Waals surface area contributed by atoms with E-state index in [9.17, 15) is 0 Å². The summed E-state index contributed by atoms with van der Waals surface area (Å²) in [4.78, 5) is 17.1. The van der Waals surface area contributed by atoms with Crippen molar-refractivity contribution in [1.29, 1.82) is 0 Å². The van der Waals surface area contributed by atoms with Gasteiger partial charge in [0.1, 0.15) is 0 Å². The van der Waals surface area contributed by atoms with E-state index in [1.54, 1.807) is 13.2 Å². The van der Waals surface area contributed by atoms with Gasteiger partial charge in [-0.3, -0.25) is 0 Å². The highest BCUT2D eigenvalue weighted by Crippen LogP contribution is 2.17. The van der Waals surface area contributed by atoms with Crippen molar-refractivity contribution < 1.29 is 4.74 Å². The van der Waals surface area contributed by atoms with Gasteiger partial charge in [-0.1, -0.05) is 6.92 Å². The Morgan fingerprint density at radius 1 is 1.26 bits per heavy atom. The average Bonchev–Trinajstić information content (AvgIpc) is 2.87. The number of ether oxygens (including phenoxy) is 1. The van der Waals surface area contributed by atoms with E-state index in [1.807, 2.05) is 17.7 Å². The number of aromatic nitrogens is 5. The maximum absolute atomic E-state index is 5.35. The van der Waals surface area contributed by atoms with Crippen LogP contribution in [0.1, 0.15) is 20.3 Å². The third kappa shape index (κ3) is 2.98. The van der Waals surface area contributed by atoms with Crippen LogP contribution in [0.25, 0.3) is 11.6 Å². The summed E-state index contributed by atoms with van der Waals surface area (Å²) in [6.07, 6.45) is 4.68. The summed E-state index contributed by atoms with van der Waals surface area (Å²) in [7, 11) is 1.76. The molecule has 0 spiro atoms. The molecular formula is C12H18N6O. The molecule has 2 rings (SSSR count). The molecule has 0 fully saturated rings. The summed E-state index contributed by atoms with van der Waals surface area (Å²) < 4.78 is 7.37. The normalized spacial score (nSPS) is 10.5. The zero-order chi connectivity index (χ0) is 13.7. The molecule has 2 aromatic heterocycles. The first-order valence-corrected chi connectivity index (χ1v) is 6.36. The Morgan fingerprint density at radius 3 is 2.79 bits per heavy atom. The van der Waals surface area contributed by atoms with E-state index in [1.165, 1.54) is 0 Å². The first-order chi connectivity index (χ1) is 9.28. The number of anilines is 1. The van der Waals surface area contributed by atoms with Crippen LogP contribution in [0.4, 0.5) is 5.95 Å². The topological polar surface area (TPSA) is 77.8 Å². The van der Waals surface area contributed by atoms with Gasteiger partial charge in [-0.15, -0.1) is 0 Å². The van der Waals surface area contributed by atoms with Gasteiger partial charge in [0.2, 0.25) is 11.8 Å². The number of hydrogen-bond donors (Lipinski definition) is 1. The molecule has 0 aromatic carbocycles. The Hall–Kier alpha value is -2.18. The van der Waals surface area contributed by atoms with Crippen molar-refractivity contribution in [1.82, 2.24) is 24.5 Å². The molecule has 7 nitrogen and oxygen atoms in total. The predicted octanol–water partition coefficient (Wildman–Crippen LogP) is 1.59. The lowest BCUT2D eigenvalue weighted by Gasteiger charge is -2.08. The summed E-state index contributed by atoms with van der Waals surface area (Å²) in [6, 6.07) is 0.308. The Kier molecular flexibility index (Phi) is 4.27. The minimum absolute atomic E-state index is 0.308. The van der Waals surface area contributed by atoms with Gasteiger partial charge in [-0.25, -0.2) is 4.98 Å². The molecule has 0 saturated carbocycles. The van der Waals surface area contributed by atoms with Crippen LogP contribution in [0.15, 0.2) is 12.4 Å². The van der Waals surface area contributed by atoms with E-state index in [0.717, 1.165) is 18.8 Å². The third-order valence-corrected chi connectivity index (χ3v) is 2.49. The van der Waals surface area contributed by atoms with Crippen molar-refractivity contribution in [2.45, 2.75) is 26.8 Å². The fourth-order valence-electron chi connectivity index (χ4n) is 1.70. The molecule has 0 amide bonds. The number of aryl methyl sites for hydroxylation is 1. The van der Waals surface area contributed by atoms with Crippen molar-refractivity contribution in [3.05, 3.63) is 12.4 Å². The monoisotopic (exact) mass is 262 g/mol. The maximum Gasteiger partial charge on any atom is 0.321 e. The van der Waals surface area contributed by atoms with E-state index in [4.69, 9.17) is 4.74 Å². The minimum atomic E-state index is 0.308. The second kappa shape index (κ2) is 6.12. The summed E-state index contributed by atoms with van der Waals surface area (Å²) in [6.45, 7) is 5.39. The summed E-state index contributed by atoms with van der Waals surface area (Å²) >= 11 is 0. The molecule has 0 unspecified atom stereocenters. The lowest BCUT2D eigenvalue weighted by Crippen LogP contribution is -2.08. The first-order valence-electron chi connectivity index (χ1n) is 6.36. The Labute approximate surface area is 112 Å². The molecule has 1 N–H and O–H groups in total. The molecule has 102 valence electrons. The molecule has 0 saturated heterocycles. The van der Waals surface area contributed by atoms with Crippen molar-refractivity contribution in [3.8, 4) is 17.7 Å². The van der Waals surface area contributed by atoms with Crippen LogP contribution >= 0.6 is 0 Å². The predicted molar refractivity (Wildman–Crippen MR) is 72.1 cm³/mol. The van der Waals surface area contributed by atoms with Gasteiger partial charge >= 0.3 is 6.01 Å². The van der Waals surface area contributed by atoms with Gasteiger partial charge in [0.15, 0.2) is 5.82 Å². The van der Waals surface area contributed by atoms with Gasteiger partial charge in [0, 0.05) is 26.0 Å². The van der Waals surface area contributed by atoms with Crippen LogP contribution in [0.5, 0.6) is 6.01 Å². The van der Waals surface area contributed by atoms with Gasteiger partial charge in [0.05, 0.1) is 6.61 Å². The molecule has 0 radical (unpaired) electrons. The highest BCUT2D eigenvalue weighted by Gasteiger charge is 2.13. The average molecular weight is 262 g/mol. The number of nitrogens with one attached hydrogen (secondary N) is 1. The molecule has 0 aliphatic carbocycles. The molecule has 0 atom stereocenters. The second-order valence-electron chi connectivity index (χ2n) is 3.89. The van der Waals surface area contributed by atoms with E-state index in [2.05, 4.69) is 32.2 Å². The quantitative estimate of drug-likeness (QED) is 0.851. The van der Waals surface area contributed by atoms with Crippen molar-refractivity contribution in [2.75, 3.05) is 19.0 Å². The van der Waals surface area contributed by atoms with Crippen LogP contribution in [0.2, 0.25) is 0 Å². The van der Waals surface area contributed by atoms with E-state index < -0.39 is 0 Å². The Balaban J connectivity index is 2.42. The van der Waals surface area contributed by atoms with E-state index in [-0.39, 0.29) is 0 Å². The number of hydrogen-bond acceptors (Lipinski definition) is 6. The van der Waals surface area contributed by atoms with Gasteiger partial charge in [0.25, 0.3) is 0 Å². The number of imidazole rings is 1. The highest BCUT2D eigenvalue weighted by molar-refractivity contribution is 5.47. The maximum atomic E-state index is 5.35. The van der Waals surface area contributed by atoms with Crippen LogP contribution in [-0.2, 0) is 6.54 Å². The molecule has 0 aliphatic rings. The highest BCUT2D eigenvalue weighted by atomic mass is 16.5. The van der Waals surface area contributed by atoms with E-state index in [0.29, 0.717) is 24.4 Å².